The van der Waals surface area contributed by atoms with E-state index in [2.05, 4.69) is 16.0 Å². The summed E-state index contributed by atoms with van der Waals surface area (Å²) in [7, 11) is 0. The molecule has 0 atom stereocenters. The van der Waals surface area contributed by atoms with Crippen molar-refractivity contribution >= 4 is 12.1 Å². The average Bonchev–Trinajstić information content (AvgIpc) is 2.81. The number of amides is 4. The lowest BCUT2D eigenvalue weighted by Crippen LogP contribution is -2.42. The van der Waals surface area contributed by atoms with Crippen LogP contribution in [0.4, 0.5) is 9.59 Å². The summed E-state index contributed by atoms with van der Waals surface area (Å²) in [6.07, 6.45) is 2.12. The quantitative estimate of drug-likeness (QED) is 0.429. The van der Waals surface area contributed by atoms with Crippen LogP contribution in [0.3, 0.4) is 0 Å². The van der Waals surface area contributed by atoms with Crippen LogP contribution < -0.4 is 21.7 Å². The van der Waals surface area contributed by atoms with E-state index in [4.69, 9.17) is 5.73 Å². The van der Waals surface area contributed by atoms with Crippen molar-refractivity contribution in [1.29, 1.82) is 0 Å². The highest BCUT2D eigenvalue weighted by molar-refractivity contribution is 5.74. The molecule has 1 rings (SSSR count). The molecule has 1 aliphatic carbocycles. The lowest BCUT2D eigenvalue weighted by Gasteiger charge is -2.05. The highest BCUT2D eigenvalue weighted by Gasteiger charge is 2.22. The Bertz CT molecular complexity index is 203. The fraction of sp³-hybridized carbons (Fsp3) is 0.714. The van der Waals surface area contributed by atoms with Crippen molar-refractivity contribution in [3.8, 4) is 0 Å². The monoisotopic (exact) mass is 186 g/mol. The van der Waals surface area contributed by atoms with Crippen molar-refractivity contribution < 1.29 is 9.59 Å². The second-order valence-corrected chi connectivity index (χ2v) is 2.97. The van der Waals surface area contributed by atoms with Gasteiger partial charge in [-0.3, -0.25) is 0 Å². The first-order valence-corrected chi connectivity index (χ1v) is 4.26. The van der Waals surface area contributed by atoms with Gasteiger partial charge in [0.1, 0.15) is 0 Å². The van der Waals surface area contributed by atoms with Gasteiger partial charge in [-0.05, 0) is 12.8 Å². The minimum absolute atomic E-state index is 0.186. The number of urea groups is 2. The Morgan fingerprint density at radius 1 is 1.23 bits per heavy atom. The van der Waals surface area contributed by atoms with Crippen molar-refractivity contribution in [1.82, 2.24) is 16.0 Å². The van der Waals surface area contributed by atoms with Gasteiger partial charge in [0.2, 0.25) is 0 Å². The molecular formula is C7H14N4O2. The van der Waals surface area contributed by atoms with E-state index < -0.39 is 6.03 Å². The first-order valence-electron chi connectivity index (χ1n) is 4.26. The van der Waals surface area contributed by atoms with Crippen LogP contribution in [-0.4, -0.2) is 31.2 Å². The average molecular weight is 186 g/mol. The van der Waals surface area contributed by atoms with E-state index in [1.807, 2.05) is 0 Å². The van der Waals surface area contributed by atoms with Gasteiger partial charge < -0.3 is 21.7 Å². The predicted octanol–water partition coefficient (Wildman–Crippen LogP) is -0.884. The zero-order valence-electron chi connectivity index (χ0n) is 7.30. The number of primary amides is 1. The molecule has 1 saturated carbocycles. The Labute approximate surface area is 76.2 Å². The first kappa shape index (κ1) is 9.63. The molecule has 6 heteroatoms. The summed E-state index contributed by atoms with van der Waals surface area (Å²) in [6.45, 7) is 0.745. The molecule has 0 unspecified atom stereocenters. The second kappa shape index (κ2) is 4.54. The largest absolute Gasteiger partial charge is 0.352 e. The molecule has 0 radical (unpaired) electrons. The lowest BCUT2D eigenvalue weighted by molar-refractivity contribution is 0.239. The fourth-order valence-corrected chi connectivity index (χ4v) is 0.826. The molecule has 1 aliphatic rings. The van der Waals surface area contributed by atoms with Crippen LogP contribution in [0.1, 0.15) is 12.8 Å². The molecule has 0 spiro atoms. The Morgan fingerprint density at radius 2 is 1.85 bits per heavy atom. The topological polar surface area (TPSA) is 96.2 Å². The van der Waals surface area contributed by atoms with Crippen molar-refractivity contribution in [2.45, 2.75) is 18.9 Å². The molecule has 0 aliphatic heterocycles. The summed E-state index contributed by atoms with van der Waals surface area (Å²) in [5, 5.41) is 7.70. The summed E-state index contributed by atoms with van der Waals surface area (Å²) in [5.74, 6) is 0. The van der Waals surface area contributed by atoms with Crippen LogP contribution in [-0.2, 0) is 0 Å². The fourth-order valence-electron chi connectivity index (χ4n) is 0.826. The Hall–Kier alpha value is -1.46. The number of hydrogen-bond acceptors (Lipinski definition) is 2. The molecule has 5 N–H and O–H groups in total. The minimum atomic E-state index is -0.579. The van der Waals surface area contributed by atoms with E-state index in [9.17, 15) is 9.59 Å². The molecule has 0 aromatic rings. The van der Waals surface area contributed by atoms with Gasteiger partial charge in [-0.15, -0.1) is 0 Å². The molecule has 4 amide bonds. The number of nitrogens with two attached hydrogens (primary N) is 1. The molecule has 74 valence electrons. The summed E-state index contributed by atoms with van der Waals surface area (Å²) >= 11 is 0. The van der Waals surface area contributed by atoms with Gasteiger partial charge in [-0.1, -0.05) is 0 Å². The number of hydrogen-bond donors (Lipinski definition) is 4. The van der Waals surface area contributed by atoms with Crippen LogP contribution in [0.2, 0.25) is 0 Å². The predicted molar refractivity (Wildman–Crippen MR) is 47.1 cm³/mol. The van der Waals surface area contributed by atoms with Gasteiger partial charge in [-0.25, -0.2) is 9.59 Å². The normalized spacial score (nSPS) is 14.8. The zero-order chi connectivity index (χ0) is 9.68. The van der Waals surface area contributed by atoms with E-state index in [1.165, 1.54) is 0 Å². The first-order chi connectivity index (χ1) is 6.18. The Morgan fingerprint density at radius 3 is 2.38 bits per heavy atom. The molecular weight excluding hydrogens is 172 g/mol. The van der Waals surface area contributed by atoms with Gasteiger partial charge in [0, 0.05) is 19.1 Å². The van der Waals surface area contributed by atoms with E-state index in [0.29, 0.717) is 19.1 Å². The van der Waals surface area contributed by atoms with Gasteiger partial charge in [-0.2, -0.15) is 0 Å². The molecule has 0 bridgehead atoms. The van der Waals surface area contributed by atoms with Crippen molar-refractivity contribution in [2.24, 2.45) is 5.73 Å². The third-order valence-electron chi connectivity index (χ3n) is 1.62. The summed E-state index contributed by atoms with van der Waals surface area (Å²) < 4.78 is 0. The van der Waals surface area contributed by atoms with E-state index >= 15 is 0 Å². The maximum absolute atomic E-state index is 11.0. The van der Waals surface area contributed by atoms with Crippen LogP contribution in [0.5, 0.6) is 0 Å². The SMILES string of the molecule is NC(=O)NCCNC(=O)NC1CC1. The second-order valence-electron chi connectivity index (χ2n) is 2.97. The maximum atomic E-state index is 11.0. The standard InChI is InChI=1S/C7H14N4O2/c8-6(12)9-3-4-10-7(13)11-5-1-2-5/h5H,1-4H2,(H3,8,9,12)(H2,10,11,13). The van der Waals surface area contributed by atoms with Crippen LogP contribution >= 0.6 is 0 Å². The minimum Gasteiger partial charge on any atom is -0.352 e. The maximum Gasteiger partial charge on any atom is 0.315 e. The van der Waals surface area contributed by atoms with Crippen molar-refractivity contribution in [3.05, 3.63) is 0 Å². The van der Waals surface area contributed by atoms with Crippen molar-refractivity contribution in [2.75, 3.05) is 13.1 Å². The lowest BCUT2D eigenvalue weighted by atomic mass is 10.6. The van der Waals surface area contributed by atoms with E-state index in [-0.39, 0.29) is 6.03 Å². The Kier molecular flexibility index (Phi) is 3.36. The molecule has 0 saturated heterocycles. The number of carbonyl (C=O) groups excluding carboxylic acids is 2. The van der Waals surface area contributed by atoms with Gasteiger partial charge in [0.05, 0.1) is 0 Å². The molecule has 13 heavy (non-hydrogen) atoms. The van der Waals surface area contributed by atoms with E-state index in [1.54, 1.807) is 0 Å². The van der Waals surface area contributed by atoms with Crippen molar-refractivity contribution in [3.63, 3.8) is 0 Å². The highest BCUT2D eigenvalue weighted by Crippen LogP contribution is 2.17. The molecule has 6 nitrogen and oxygen atoms in total. The van der Waals surface area contributed by atoms with E-state index in [0.717, 1.165) is 12.8 Å². The van der Waals surface area contributed by atoms with Gasteiger partial charge >= 0.3 is 12.1 Å². The Balaban J connectivity index is 1.91. The van der Waals surface area contributed by atoms with Gasteiger partial charge in [0.25, 0.3) is 0 Å². The third-order valence-corrected chi connectivity index (χ3v) is 1.62. The highest BCUT2D eigenvalue weighted by atomic mass is 16.2. The van der Waals surface area contributed by atoms with Gasteiger partial charge in [0.15, 0.2) is 0 Å². The van der Waals surface area contributed by atoms with Crippen LogP contribution in [0.25, 0.3) is 0 Å². The van der Waals surface area contributed by atoms with Crippen LogP contribution in [0.15, 0.2) is 0 Å². The molecule has 0 heterocycles. The summed E-state index contributed by atoms with van der Waals surface area (Å²) in [4.78, 5) is 21.2. The number of rotatable bonds is 4. The number of carbonyl (C=O) groups is 2. The molecule has 0 aromatic carbocycles. The number of nitrogens with one attached hydrogen (secondary N) is 3. The zero-order valence-corrected chi connectivity index (χ0v) is 7.30. The smallest absolute Gasteiger partial charge is 0.315 e. The third kappa shape index (κ3) is 4.89. The molecule has 1 fully saturated rings. The molecule has 0 aromatic heterocycles. The van der Waals surface area contributed by atoms with Crippen LogP contribution in [0, 0.1) is 0 Å². The summed E-state index contributed by atoms with van der Waals surface area (Å²) in [6, 6.07) is -0.415. The summed E-state index contributed by atoms with van der Waals surface area (Å²) in [5.41, 5.74) is 4.82.